The van der Waals surface area contributed by atoms with Crippen molar-refractivity contribution in [3.8, 4) is 0 Å². The van der Waals surface area contributed by atoms with E-state index in [4.69, 9.17) is 0 Å². The average Bonchev–Trinajstić information content (AvgIpc) is 2.79. The maximum atomic E-state index is 3.71. The molecule has 1 fully saturated rings. The molecule has 0 spiro atoms. The molecule has 1 nitrogen and oxygen atoms in total. The highest BCUT2D eigenvalue weighted by Crippen LogP contribution is 2.36. The van der Waals surface area contributed by atoms with Gasteiger partial charge in [0.05, 0.1) is 0 Å². The lowest BCUT2D eigenvalue weighted by Gasteiger charge is -2.21. The largest absolute Gasteiger partial charge is 0.308 e. The smallest absolute Gasteiger partial charge is 0.0231 e. The van der Waals surface area contributed by atoms with Crippen LogP contribution >= 0.6 is 27.7 Å². The third kappa shape index (κ3) is 5.13. The zero-order valence-corrected chi connectivity index (χ0v) is 14.5. The van der Waals surface area contributed by atoms with Gasteiger partial charge in [0, 0.05) is 26.7 Å². The normalized spacial score (nSPS) is 17.1. The van der Waals surface area contributed by atoms with Gasteiger partial charge in [-0.15, -0.1) is 11.8 Å². The Kier molecular flexibility index (Phi) is 5.38. The average molecular weight is 342 g/mol. The van der Waals surface area contributed by atoms with E-state index in [1.807, 2.05) is 11.8 Å². The van der Waals surface area contributed by atoms with Crippen LogP contribution in [-0.4, -0.2) is 10.8 Å². The minimum Gasteiger partial charge on any atom is -0.308 e. The molecule has 0 amide bonds. The molecular weight excluding hydrogens is 318 g/mol. The highest BCUT2D eigenvalue weighted by atomic mass is 79.9. The quantitative estimate of drug-likeness (QED) is 0.789. The maximum absolute atomic E-state index is 3.71. The zero-order chi connectivity index (χ0) is 13.9. The van der Waals surface area contributed by atoms with E-state index in [9.17, 15) is 0 Å². The number of halogens is 1. The third-order valence-electron chi connectivity index (χ3n) is 3.44. The number of hydrogen-bond acceptors (Lipinski definition) is 2. The number of thioether (sulfide) groups is 1. The van der Waals surface area contributed by atoms with Crippen LogP contribution in [0.25, 0.3) is 0 Å². The fraction of sp³-hybridized carbons (Fsp3) is 0.625. The Morgan fingerprint density at radius 3 is 2.53 bits per heavy atom. The third-order valence-corrected chi connectivity index (χ3v) is 5.51. The summed E-state index contributed by atoms with van der Waals surface area (Å²) in [5.41, 5.74) is 1.50. The summed E-state index contributed by atoms with van der Waals surface area (Å²) >= 11 is 5.76. The number of hydrogen-bond donors (Lipinski definition) is 1. The van der Waals surface area contributed by atoms with Crippen LogP contribution in [0.15, 0.2) is 27.6 Å². The van der Waals surface area contributed by atoms with E-state index in [0.717, 1.165) is 11.8 Å². The van der Waals surface area contributed by atoms with Crippen LogP contribution in [0.2, 0.25) is 0 Å². The molecule has 3 heteroatoms. The first-order valence-electron chi connectivity index (χ1n) is 7.14. The van der Waals surface area contributed by atoms with E-state index in [-0.39, 0.29) is 5.54 Å². The molecule has 0 aromatic heterocycles. The second kappa shape index (κ2) is 6.64. The summed E-state index contributed by atoms with van der Waals surface area (Å²) in [6, 6.07) is 6.80. The first-order valence-corrected chi connectivity index (χ1v) is 8.81. The van der Waals surface area contributed by atoms with Gasteiger partial charge in [-0.25, -0.2) is 0 Å². The van der Waals surface area contributed by atoms with Gasteiger partial charge >= 0.3 is 0 Å². The molecule has 1 N–H and O–H groups in total. The molecule has 0 saturated heterocycles. The molecule has 0 heterocycles. The number of nitrogens with one attached hydrogen (secondary N) is 1. The van der Waals surface area contributed by atoms with Crippen molar-refractivity contribution in [2.45, 2.75) is 68.7 Å². The molecular formula is C16H24BrNS. The van der Waals surface area contributed by atoms with Crippen LogP contribution in [0.4, 0.5) is 0 Å². The van der Waals surface area contributed by atoms with Crippen molar-refractivity contribution >= 4 is 27.7 Å². The van der Waals surface area contributed by atoms with Crippen LogP contribution in [-0.2, 0) is 6.54 Å². The summed E-state index contributed by atoms with van der Waals surface area (Å²) in [6.07, 6.45) is 5.59. The van der Waals surface area contributed by atoms with E-state index in [1.165, 1.54) is 40.6 Å². The number of rotatable bonds is 4. The van der Waals surface area contributed by atoms with Gasteiger partial charge in [0.25, 0.3) is 0 Å². The standard InChI is InChI=1S/C16H24BrNS/c1-16(2,3)18-11-12-8-9-14(10-15(12)17)19-13-6-4-5-7-13/h8-10,13,18H,4-7,11H2,1-3H3. The summed E-state index contributed by atoms with van der Waals surface area (Å²) in [5.74, 6) is 0. The van der Waals surface area contributed by atoms with Gasteiger partial charge in [-0.05, 0) is 51.3 Å². The van der Waals surface area contributed by atoms with Crippen LogP contribution in [0, 0.1) is 0 Å². The Morgan fingerprint density at radius 1 is 1.26 bits per heavy atom. The van der Waals surface area contributed by atoms with Crippen molar-refractivity contribution < 1.29 is 0 Å². The summed E-state index contributed by atoms with van der Waals surface area (Å²) in [6.45, 7) is 7.51. The summed E-state index contributed by atoms with van der Waals surface area (Å²) < 4.78 is 1.23. The number of benzene rings is 1. The molecule has 1 aliphatic rings. The predicted octanol–water partition coefficient (Wildman–Crippen LogP) is 5.37. The van der Waals surface area contributed by atoms with E-state index in [2.05, 4.69) is 60.2 Å². The van der Waals surface area contributed by atoms with E-state index < -0.39 is 0 Å². The van der Waals surface area contributed by atoms with Crippen LogP contribution in [0.3, 0.4) is 0 Å². The first kappa shape index (κ1) is 15.4. The molecule has 2 rings (SSSR count). The molecule has 1 aromatic carbocycles. The Balaban J connectivity index is 1.96. The maximum Gasteiger partial charge on any atom is 0.0231 e. The first-order chi connectivity index (χ1) is 8.94. The van der Waals surface area contributed by atoms with Gasteiger partial charge in [-0.2, -0.15) is 0 Å². The lowest BCUT2D eigenvalue weighted by Crippen LogP contribution is -2.35. The van der Waals surface area contributed by atoms with Gasteiger partial charge < -0.3 is 5.32 Å². The second-order valence-electron chi connectivity index (χ2n) is 6.38. The van der Waals surface area contributed by atoms with E-state index in [1.54, 1.807) is 0 Å². The van der Waals surface area contributed by atoms with Gasteiger partial charge in [0.15, 0.2) is 0 Å². The predicted molar refractivity (Wildman–Crippen MR) is 88.8 cm³/mol. The lowest BCUT2D eigenvalue weighted by atomic mass is 10.1. The molecule has 1 saturated carbocycles. The fourth-order valence-electron chi connectivity index (χ4n) is 2.30. The summed E-state index contributed by atoms with van der Waals surface area (Å²) in [5, 5.41) is 4.37. The van der Waals surface area contributed by atoms with E-state index in [0.29, 0.717) is 0 Å². The van der Waals surface area contributed by atoms with Crippen LogP contribution in [0.1, 0.15) is 52.0 Å². The molecule has 106 valence electrons. The molecule has 0 bridgehead atoms. The molecule has 0 atom stereocenters. The Bertz CT molecular complexity index is 419. The fourth-order valence-corrected chi connectivity index (χ4v) is 4.26. The van der Waals surface area contributed by atoms with Crippen molar-refractivity contribution in [1.29, 1.82) is 0 Å². The topological polar surface area (TPSA) is 12.0 Å². The van der Waals surface area contributed by atoms with Crippen molar-refractivity contribution in [3.63, 3.8) is 0 Å². The van der Waals surface area contributed by atoms with Crippen molar-refractivity contribution in [2.24, 2.45) is 0 Å². The lowest BCUT2D eigenvalue weighted by molar-refractivity contribution is 0.424. The van der Waals surface area contributed by atoms with Crippen molar-refractivity contribution in [1.82, 2.24) is 5.32 Å². The SMILES string of the molecule is CC(C)(C)NCc1ccc(SC2CCCC2)cc1Br. The summed E-state index contributed by atoms with van der Waals surface area (Å²) in [7, 11) is 0. The highest BCUT2D eigenvalue weighted by molar-refractivity contribution is 9.10. The summed E-state index contributed by atoms with van der Waals surface area (Å²) in [4.78, 5) is 1.40. The van der Waals surface area contributed by atoms with Gasteiger partial charge in [-0.1, -0.05) is 34.8 Å². The van der Waals surface area contributed by atoms with Gasteiger partial charge in [0.2, 0.25) is 0 Å². The molecule has 0 radical (unpaired) electrons. The highest BCUT2D eigenvalue weighted by Gasteiger charge is 2.16. The van der Waals surface area contributed by atoms with Crippen molar-refractivity contribution in [2.75, 3.05) is 0 Å². The molecule has 19 heavy (non-hydrogen) atoms. The molecule has 1 aliphatic carbocycles. The van der Waals surface area contributed by atoms with Crippen LogP contribution < -0.4 is 5.32 Å². The van der Waals surface area contributed by atoms with Crippen molar-refractivity contribution in [3.05, 3.63) is 28.2 Å². The van der Waals surface area contributed by atoms with Gasteiger partial charge in [-0.3, -0.25) is 0 Å². The zero-order valence-electron chi connectivity index (χ0n) is 12.1. The minimum absolute atomic E-state index is 0.163. The Hall–Kier alpha value is 0.01000. The minimum atomic E-state index is 0.163. The van der Waals surface area contributed by atoms with Crippen LogP contribution in [0.5, 0.6) is 0 Å². The monoisotopic (exact) mass is 341 g/mol. The molecule has 1 aromatic rings. The Morgan fingerprint density at radius 2 is 1.95 bits per heavy atom. The molecule has 0 aliphatic heterocycles. The van der Waals surface area contributed by atoms with E-state index >= 15 is 0 Å². The molecule has 0 unspecified atom stereocenters. The Labute approximate surface area is 130 Å². The van der Waals surface area contributed by atoms with Gasteiger partial charge in [0.1, 0.15) is 0 Å². The second-order valence-corrected chi connectivity index (χ2v) is 8.61.